The van der Waals surface area contributed by atoms with Gasteiger partial charge in [0.2, 0.25) is 0 Å². The van der Waals surface area contributed by atoms with E-state index in [1.165, 1.54) is 14.0 Å². The van der Waals surface area contributed by atoms with Crippen LogP contribution in [0.15, 0.2) is 72.8 Å². The Hall–Kier alpha value is -4.07. The number of carbonyl (C=O) groups excluding carboxylic acids is 3. The lowest BCUT2D eigenvalue weighted by Crippen LogP contribution is -2.36. The number of hydrogen-bond donors (Lipinski definition) is 3. The van der Waals surface area contributed by atoms with Crippen LogP contribution in [0, 0.1) is 0 Å². The van der Waals surface area contributed by atoms with Crippen molar-refractivity contribution in [3.8, 4) is 5.75 Å². The minimum absolute atomic E-state index is 0.310. The summed E-state index contributed by atoms with van der Waals surface area (Å²) < 4.78 is 10.0. The number of hydrogen-bond acceptors (Lipinski definition) is 5. The average Bonchev–Trinajstić information content (AvgIpc) is 2.80. The molecule has 0 aliphatic rings. The van der Waals surface area contributed by atoms with Crippen LogP contribution < -0.4 is 20.7 Å². The number of para-hydroxylation sites is 1. The number of rotatable bonds is 5. The van der Waals surface area contributed by atoms with Gasteiger partial charge in [0.05, 0.1) is 0 Å². The van der Waals surface area contributed by atoms with Gasteiger partial charge in [0.25, 0.3) is 5.91 Å². The highest BCUT2D eigenvalue weighted by molar-refractivity contribution is 5.90. The number of nitrogens with one attached hydrogen (secondary N) is 3. The van der Waals surface area contributed by atoms with Gasteiger partial charge < -0.3 is 20.1 Å². The van der Waals surface area contributed by atoms with Gasteiger partial charge in [-0.25, -0.2) is 9.59 Å². The first-order valence-corrected chi connectivity index (χ1v) is 10.1. The molecule has 0 spiro atoms. The van der Waals surface area contributed by atoms with E-state index in [0.29, 0.717) is 18.0 Å². The van der Waals surface area contributed by atoms with Gasteiger partial charge in [-0.3, -0.25) is 10.1 Å². The van der Waals surface area contributed by atoms with E-state index in [0.717, 1.165) is 10.8 Å². The standard InChI is InChI=1S/C12H16N2O3.C12H11NO2/c1-3-13-11(15)9(2)17-12(16)14-10-7-5-4-6-8-10;1-13-12(14)15-11-8-4-6-9-5-2-3-7-10(9)11/h4-9H,3H2,1-2H3,(H,13,15)(H,14,16);2-8H,1H3,(H,13,14). The van der Waals surface area contributed by atoms with Crippen molar-refractivity contribution >= 4 is 34.6 Å². The Morgan fingerprint density at radius 3 is 2.22 bits per heavy atom. The second-order valence-corrected chi connectivity index (χ2v) is 6.55. The first kappa shape index (κ1) is 24.2. The predicted octanol–water partition coefficient (Wildman–Crippen LogP) is 4.32. The minimum atomic E-state index is -0.807. The van der Waals surface area contributed by atoms with Gasteiger partial charge in [0.15, 0.2) is 6.10 Å². The number of ether oxygens (including phenoxy) is 2. The highest BCUT2D eigenvalue weighted by atomic mass is 16.6. The summed E-state index contributed by atoms with van der Waals surface area (Å²) in [6.07, 6.45) is -1.90. The Labute approximate surface area is 186 Å². The van der Waals surface area contributed by atoms with E-state index in [-0.39, 0.29) is 5.91 Å². The normalized spacial score (nSPS) is 10.7. The molecule has 3 rings (SSSR count). The van der Waals surface area contributed by atoms with Crippen LogP contribution in [0.3, 0.4) is 0 Å². The average molecular weight is 437 g/mol. The molecule has 8 heteroatoms. The van der Waals surface area contributed by atoms with Crippen molar-refractivity contribution in [1.29, 1.82) is 0 Å². The minimum Gasteiger partial charge on any atom is -0.436 e. The maximum atomic E-state index is 11.4. The number of amides is 3. The van der Waals surface area contributed by atoms with Crippen LogP contribution in [-0.2, 0) is 9.53 Å². The number of fused-ring (bicyclic) bond motifs is 1. The van der Waals surface area contributed by atoms with Gasteiger partial charge in [-0.15, -0.1) is 0 Å². The van der Waals surface area contributed by atoms with E-state index in [1.54, 1.807) is 37.3 Å². The Morgan fingerprint density at radius 1 is 0.875 bits per heavy atom. The van der Waals surface area contributed by atoms with Crippen molar-refractivity contribution in [2.75, 3.05) is 18.9 Å². The van der Waals surface area contributed by atoms with Crippen LogP contribution in [0.2, 0.25) is 0 Å². The summed E-state index contributed by atoms with van der Waals surface area (Å²) in [4.78, 5) is 33.8. The van der Waals surface area contributed by atoms with Gasteiger partial charge in [-0.2, -0.15) is 0 Å². The van der Waals surface area contributed by atoms with Gasteiger partial charge in [0.1, 0.15) is 5.75 Å². The summed E-state index contributed by atoms with van der Waals surface area (Å²) >= 11 is 0. The van der Waals surface area contributed by atoms with Crippen molar-refractivity contribution in [3.05, 3.63) is 72.8 Å². The molecule has 0 heterocycles. The molecule has 0 fully saturated rings. The lowest BCUT2D eigenvalue weighted by Gasteiger charge is -2.13. The number of likely N-dealkylation sites (N-methyl/N-ethyl adjacent to an activating group) is 1. The smallest absolute Gasteiger partial charge is 0.412 e. The Kier molecular flexibility index (Phi) is 9.52. The molecule has 3 N–H and O–H groups in total. The molecule has 3 aromatic rings. The summed E-state index contributed by atoms with van der Waals surface area (Å²) in [7, 11) is 1.54. The zero-order chi connectivity index (χ0) is 23.3. The molecule has 0 saturated carbocycles. The first-order valence-electron chi connectivity index (χ1n) is 10.1. The molecule has 32 heavy (non-hydrogen) atoms. The van der Waals surface area contributed by atoms with Gasteiger partial charge in [-0.1, -0.05) is 54.6 Å². The fraction of sp³-hybridized carbons (Fsp3) is 0.208. The Morgan fingerprint density at radius 2 is 1.53 bits per heavy atom. The lowest BCUT2D eigenvalue weighted by molar-refractivity contribution is -0.128. The summed E-state index contributed by atoms with van der Waals surface area (Å²) in [5, 5.41) is 9.50. The lowest BCUT2D eigenvalue weighted by atomic mass is 10.1. The van der Waals surface area contributed by atoms with Crippen molar-refractivity contribution in [2.24, 2.45) is 0 Å². The molecule has 8 nitrogen and oxygen atoms in total. The third-order valence-corrected chi connectivity index (χ3v) is 4.18. The van der Waals surface area contributed by atoms with Gasteiger partial charge >= 0.3 is 12.2 Å². The zero-order valence-corrected chi connectivity index (χ0v) is 18.3. The number of carbonyl (C=O) groups is 3. The molecule has 3 amide bonds. The molecule has 0 aromatic heterocycles. The fourth-order valence-corrected chi connectivity index (χ4v) is 2.64. The van der Waals surface area contributed by atoms with Crippen LogP contribution in [0.5, 0.6) is 5.75 Å². The second-order valence-electron chi connectivity index (χ2n) is 6.55. The molecule has 0 aliphatic carbocycles. The number of benzene rings is 3. The third-order valence-electron chi connectivity index (χ3n) is 4.18. The SMILES string of the molecule is CCNC(=O)C(C)OC(=O)Nc1ccccc1.CNC(=O)Oc1cccc2ccccc12. The molecule has 1 unspecified atom stereocenters. The van der Waals surface area contributed by atoms with E-state index in [1.807, 2.05) is 42.5 Å². The van der Waals surface area contributed by atoms with Gasteiger partial charge in [-0.05, 0) is 37.4 Å². The summed E-state index contributed by atoms with van der Waals surface area (Å²) in [5.41, 5.74) is 0.626. The van der Waals surface area contributed by atoms with Crippen molar-refractivity contribution in [3.63, 3.8) is 0 Å². The molecule has 1 atom stereocenters. The first-order chi connectivity index (χ1) is 15.4. The highest BCUT2D eigenvalue weighted by Crippen LogP contribution is 2.25. The van der Waals surface area contributed by atoms with Crippen LogP contribution in [-0.4, -0.2) is 37.8 Å². The molecule has 0 bridgehead atoms. The maximum Gasteiger partial charge on any atom is 0.412 e. The molecular weight excluding hydrogens is 410 g/mol. The largest absolute Gasteiger partial charge is 0.436 e. The fourth-order valence-electron chi connectivity index (χ4n) is 2.64. The quantitative estimate of drug-likeness (QED) is 0.551. The van der Waals surface area contributed by atoms with E-state index in [9.17, 15) is 14.4 Å². The molecule has 0 aliphatic heterocycles. The summed E-state index contributed by atoms with van der Waals surface area (Å²) in [5.74, 6) is 0.267. The predicted molar refractivity (Wildman–Crippen MR) is 124 cm³/mol. The van der Waals surface area contributed by atoms with Crippen LogP contribution in [0.4, 0.5) is 15.3 Å². The molecule has 0 saturated heterocycles. The summed E-state index contributed by atoms with van der Waals surface area (Å²) in [6, 6.07) is 22.3. The molecular formula is C24H27N3O5. The molecule has 0 radical (unpaired) electrons. The van der Waals surface area contributed by atoms with E-state index in [2.05, 4.69) is 16.0 Å². The third kappa shape index (κ3) is 7.64. The van der Waals surface area contributed by atoms with E-state index >= 15 is 0 Å². The Bertz CT molecular complexity index is 1030. The van der Waals surface area contributed by atoms with Gasteiger partial charge in [0, 0.05) is 24.7 Å². The second kappa shape index (κ2) is 12.6. The van der Waals surface area contributed by atoms with Crippen molar-refractivity contribution in [1.82, 2.24) is 10.6 Å². The van der Waals surface area contributed by atoms with E-state index in [4.69, 9.17) is 9.47 Å². The highest BCUT2D eigenvalue weighted by Gasteiger charge is 2.16. The number of anilines is 1. The van der Waals surface area contributed by atoms with Crippen molar-refractivity contribution < 1.29 is 23.9 Å². The maximum absolute atomic E-state index is 11.4. The Balaban J connectivity index is 0.000000228. The van der Waals surface area contributed by atoms with Crippen molar-refractivity contribution in [2.45, 2.75) is 20.0 Å². The van der Waals surface area contributed by atoms with Crippen LogP contribution >= 0.6 is 0 Å². The van der Waals surface area contributed by atoms with Crippen LogP contribution in [0.25, 0.3) is 10.8 Å². The monoisotopic (exact) mass is 437 g/mol. The molecule has 168 valence electrons. The molecule has 3 aromatic carbocycles. The summed E-state index contributed by atoms with van der Waals surface area (Å²) in [6.45, 7) is 3.83. The van der Waals surface area contributed by atoms with E-state index < -0.39 is 18.3 Å². The zero-order valence-electron chi connectivity index (χ0n) is 18.3. The topological polar surface area (TPSA) is 106 Å². The van der Waals surface area contributed by atoms with Crippen LogP contribution in [0.1, 0.15) is 13.8 Å².